The number of rotatable bonds is 6. The molecule has 0 unspecified atom stereocenters. The lowest BCUT2D eigenvalue weighted by Gasteiger charge is -2.05. The van der Waals surface area contributed by atoms with Gasteiger partial charge in [0.25, 0.3) is 5.91 Å². The van der Waals surface area contributed by atoms with Crippen molar-refractivity contribution in [2.24, 2.45) is 0 Å². The van der Waals surface area contributed by atoms with E-state index in [-0.39, 0.29) is 11.5 Å². The lowest BCUT2D eigenvalue weighted by Crippen LogP contribution is -2.25. The van der Waals surface area contributed by atoms with E-state index in [0.717, 1.165) is 11.3 Å². The smallest absolute Gasteiger partial charge is 0.371 e. The van der Waals surface area contributed by atoms with Gasteiger partial charge in [-0.2, -0.15) is 5.10 Å². The molecular formula is C17H15N3O4. The van der Waals surface area contributed by atoms with Crippen LogP contribution in [-0.4, -0.2) is 33.3 Å². The Bertz CT molecular complexity index is 835. The minimum absolute atomic E-state index is 0.0126. The van der Waals surface area contributed by atoms with Gasteiger partial charge < -0.3 is 14.8 Å². The van der Waals surface area contributed by atoms with Crippen LogP contribution in [0.2, 0.25) is 0 Å². The van der Waals surface area contributed by atoms with E-state index in [2.05, 4.69) is 10.4 Å². The van der Waals surface area contributed by atoms with Crippen molar-refractivity contribution in [2.75, 3.05) is 6.54 Å². The summed E-state index contributed by atoms with van der Waals surface area (Å²) in [6.07, 6.45) is 4.23. The monoisotopic (exact) mass is 325 g/mol. The van der Waals surface area contributed by atoms with Gasteiger partial charge in [-0.05, 0) is 42.3 Å². The van der Waals surface area contributed by atoms with Gasteiger partial charge in [-0.1, -0.05) is 12.1 Å². The highest BCUT2D eigenvalue weighted by Crippen LogP contribution is 2.10. The fourth-order valence-electron chi connectivity index (χ4n) is 2.22. The first-order valence-corrected chi connectivity index (χ1v) is 7.34. The Morgan fingerprint density at radius 3 is 2.50 bits per heavy atom. The molecule has 3 rings (SSSR count). The first kappa shape index (κ1) is 15.5. The molecule has 0 saturated carbocycles. The number of carboxylic acids is 1. The molecule has 122 valence electrons. The minimum Gasteiger partial charge on any atom is -0.475 e. The van der Waals surface area contributed by atoms with Gasteiger partial charge in [0, 0.05) is 18.9 Å². The van der Waals surface area contributed by atoms with Crippen LogP contribution in [0.4, 0.5) is 0 Å². The summed E-state index contributed by atoms with van der Waals surface area (Å²) >= 11 is 0. The van der Waals surface area contributed by atoms with Crippen LogP contribution in [-0.2, 0) is 6.42 Å². The fourth-order valence-corrected chi connectivity index (χ4v) is 2.22. The van der Waals surface area contributed by atoms with E-state index in [4.69, 9.17) is 9.52 Å². The average Bonchev–Trinajstić information content (AvgIpc) is 3.27. The van der Waals surface area contributed by atoms with Crippen molar-refractivity contribution in [1.29, 1.82) is 0 Å². The number of furan rings is 1. The molecule has 1 aromatic carbocycles. The second-order valence-corrected chi connectivity index (χ2v) is 5.09. The summed E-state index contributed by atoms with van der Waals surface area (Å²) in [4.78, 5) is 22.6. The predicted molar refractivity (Wildman–Crippen MR) is 85.3 cm³/mol. The van der Waals surface area contributed by atoms with Crippen LogP contribution in [0.25, 0.3) is 5.69 Å². The Kier molecular flexibility index (Phi) is 4.42. The number of benzene rings is 1. The maximum atomic E-state index is 11.9. The normalized spacial score (nSPS) is 10.5. The second kappa shape index (κ2) is 6.82. The van der Waals surface area contributed by atoms with Gasteiger partial charge in [0.1, 0.15) is 0 Å². The zero-order chi connectivity index (χ0) is 16.9. The number of carbonyl (C=O) groups excluding carboxylic acids is 1. The highest BCUT2D eigenvalue weighted by molar-refractivity contribution is 5.93. The van der Waals surface area contributed by atoms with Crippen molar-refractivity contribution in [3.8, 4) is 5.69 Å². The Morgan fingerprint density at radius 2 is 1.88 bits per heavy atom. The Balaban J connectivity index is 1.52. The highest BCUT2D eigenvalue weighted by Gasteiger charge is 2.14. The molecule has 0 saturated heterocycles. The standard InChI is InChI=1S/C17H15N3O4/c21-16(14-6-7-15(24-14)17(22)23)18-10-8-12-2-4-13(5-3-12)20-11-1-9-19-20/h1-7,9,11H,8,10H2,(H,18,21)(H,22,23). The van der Waals surface area contributed by atoms with E-state index in [0.29, 0.717) is 13.0 Å². The summed E-state index contributed by atoms with van der Waals surface area (Å²) in [5.74, 6) is -1.90. The Morgan fingerprint density at radius 1 is 1.12 bits per heavy atom. The van der Waals surface area contributed by atoms with Crippen molar-refractivity contribution in [2.45, 2.75) is 6.42 Å². The fraction of sp³-hybridized carbons (Fsp3) is 0.118. The van der Waals surface area contributed by atoms with Crippen LogP contribution in [0, 0.1) is 0 Å². The number of amides is 1. The Labute approximate surface area is 137 Å². The van der Waals surface area contributed by atoms with Crippen molar-refractivity contribution < 1.29 is 19.1 Å². The summed E-state index contributed by atoms with van der Waals surface area (Å²) in [6, 6.07) is 12.3. The molecule has 0 atom stereocenters. The topological polar surface area (TPSA) is 97.4 Å². The summed E-state index contributed by atoms with van der Waals surface area (Å²) in [6.45, 7) is 0.420. The molecule has 7 heteroatoms. The average molecular weight is 325 g/mol. The van der Waals surface area contributed by atoms with Crippen LogP contribution in [0.1, 0.15) is 26.7 Å². The summed E-state index contributed by atoms with van der Waals surface area (Å²) in [5.41, 5.74) is 2.03. The van der Waals surface area contributed by atoms with Gasteiger partial charge >= 0.3 is 5.97 Å². The zero-order valence-electron chi connectivity index (χ0n) is 12.7. The SMILES string of the molecule is O=C(O)c1ccc(C(=O)NCCc2ccc(-n3cccn3)cc2)o1. The van der Waals surface area contributed by atoms with Gasteiger partial charge in [-0.3, -0.25) is 4.79 Å². The molecule has 2 N–H and O–H groups in total. The molecule has 2 aromatic heterocycles. The zero-order valence-corrected chi connectivity index (χ0v) is 12.7. The molecule has 2 heterocycles. The Hall–Kier alpha value is -3.35. The molecule has 0 bridgehead atoms. The van der Waals surface area contributed by atoms with Crippen molar-refractivity contribution in [1.82, 2.24) is 15.1 Å². The molecule has 24 heavy (non-hydrogen) atoms. The molecular weight excluding hydrogens is 310 g/mol. The maximum Gasteiger partial charge on any atom is 0.371 e. The molecule has 0 aliphatic heterocycles. The quantitative estimate of drug-likeness (QED) is 0.723. The molecule has 1 amide bonds. The van der Waals surface area contributed by atoms with Crippen molar-refractivity contribution in [3.63, 3.8) is 0 Å². The van der Waals surface area contributed by atoms with E-state index in [1.165, 1.54) is 12.1 Å². The van der Waals surface area contributed by atoms with Crippen molar-refractivity contribution >= 4 is 11.9 Å². The molecule has 7 nitrogen and oxygen atoms in total. The van der Waals surface area contributed by atoms with Crippen LogP contribution in [0.15, 0.2) is 59.3 Å². The number of carboxylic acid groups (broad SMARTS) is 1. The van der Waals surface area contributed by atoms with E-state index in [1.807, 2.05) is 36.5 Å². The number of aromatic nitrogens is 2. The van der Waals surface area contributed by atoms with Crippen LogP contribution in [0.5, 0.6) is 0 Å². The number of nitrogens with one attached hydrogen (secondary N) is 1. The molecule has 0 spiro atoms. The first-order chi connectivity index (χ1) is 11.6. The number of carbonyl (C=O) groups is 2. The van der Waals surface area contributed by atoms with Gasteiger partial charge in [0.2, 0.25) is 5.76 Å². The molecule has 0 aliphatic carbocycles. The number of hydrogen-bond acceptors (Lipinski definition) is 4. The summed E-state index contributed by atoms with van der Waals surface area (Å²) < 4.78 is 6.71. The van der Waals surface area contributed by atoms with Crippen LogP contribution in [0.3, 0.4) is 0 Å². The third kappa shape index (κ3) is 3.52. The van der Waals surface area contributed by atoms with Gasteiger partial charge in [-0.25, -0.2) is 9.48 Å². The first-order valence-electron chi connectivity index (χ1n) is 7.34. The minimum atomic E-state index is -1.20. The predicted octanol–water partition coefficient (Wildman–Crippen LogP) is 2.14. The molecule has 0 radical (unpaired) electrons. The van der Waals surface area contributed by atoms with Gasteiger partial charge in [0.15, 0.2) is 5.76 Å². The largest absolute Gasteiger partial charge is 0.475 e. The van der Waals surface area contributed by atoms with E-state index >= 15 is 0 Å². The van der Waals surface area contributed by atoms with Crippen molar-refractivity contribution in [3.05, 3.63) is 71.9 Å². The number of hydrogen-bond donors (Lipinski definition) is 2. The highest BCUT2D eigenvalue weighted by atomic mass is 16.4. The molecule has 0 fully saturated rings. The molecule has 0 aliphatic rings. The van der Waals surface area contributed by atoms with Gasteiger partial charge in [0.05, 0.1) is 5.69 Å². The lowest BCUT2D eigenvalue weighted by atomic mass is 10.1. The van der Waals surface area contributed by atoms with E-state index in [1.54, 1.807) is 10.9 Å². The number of nitrogens with zero attached hydrogens (tertiary/aromatic N) is 2. The van der Waals surface area contributed by atoms with Crippen LogP contribution < -0.4 is 5.32 Å². The van der Waals surface area contributed by atoms with Crippen LogP contribution >= 0.6 is 0 Å². The summed E-state index contributed by atoms with van der Waals surface area (Å²) in [5, 5.41) is 15.6. The molecule has 3 aromatic rings. The van der Waals surface area contributed by atoms with E-state index < -0.39 is 11.9 Å². The number of aromatic carboxylic acids is 1. The lowest BCUT2D eigenvalue weighted by molar-refractivity contribution is 0.0659. The van der Waals surface area contributed by atoms with Gasteiger partial charge in [-0.15, -0.1) is 0 Å². The van der Waals surface area contributed by atoms with E-state index in [9.17, 15) is 9.59 Å². The third-order valence-electron chi connectivity index (χ3n) is 3.45. The summed E-state index contributed by atoms with van der Waals surface area (Å²) in [7, 11) is 0. The third-order valence-corrected chi connectivity index (χ3v) is 3.45. The maximum absolute atomic E-state index is 11.9. The second-order valence-electron chi connectivity index (χ2n) is 5.09.